The van der Waals surface area contributed by atoms with Gasteiger partial charge in [0.25, 0.3) is 0 Å². The first-order valence-electron chi connectivity index (χ1n) is 19.1. The number of hydrogen-bond acceptors (Lipinski definition) is 0. The fraction of sp³-hybridized carbons (Fsp3) is 0.364. The van der Waals surface area contributed by atoms with Crippen LogP contribution in [0.5, 0.6) is 0 Å². The van der Waals surface area contributed by atoms with Gasteiger partial charge >= 0.3 is 351 Å². The second-order valence-corrected chi connectivity index (χ2v) is 59.5. The van der Waals surface area contributed by atoms with Gasteiger partial charge in [0.05, 0.1) is 0 Å². The van der Waals surface area contributed by atoms with E-state index in [9.17, 15) is 52.7 Å². The molecule has 0 saturated heterocycles. The van der Waals surface area contributed by atoms with E-state index in [1.807, 2.05) is 40.8 Å². The summed E-state index contributed by atoms with van der Waals surface area (Å²) in [5, 5.41) is 0. The number of allylic oxidation sites excluding steroid dienone is 2. The first-order valence-corrected chi connectivity index (χ1v) is 35.5. The van der Waals surface area contributed by atoms with E-state index in [0.717, 1.165) is 11.1 Å². The fourth-order valence-electron chi connectivity index (χ4n) is 9.19. The van der Waals surface area contributed by atoms with Crippen LogP contribution in [0.25, 0.3) is 34.4 Å². The zero-order valence-corrected chi connectivity index (χ0v) is 38.7. The normalized spacial score (nSPS) is 18.2. The molecule has 0 nitrogen and oxygen atoms in total. The molecule has 323 valence electrons. The van der Waals surface area contributed by atoms with Gasteiger partial charge in [-0.25, -0.2) is 0 Å². The van der Waals surface area contributed by atoms with Crippen molar-refractivity contribution in [2.45, 2.75) is 86.6 Å². The van der Waals surface area contributed by atoms with E-state index in [1.165, 1.54) is 0 Å². The Morgan fingerprint density at radius 1 is 0.500 bits per heavy atom. The molecule has 0 aromatic heterocycles. The van der Waals surface area contributed by atoms with Gasteiger partial charge in [0, 0.05) is 0 Å². The van der Waals surface area contributed by atoms with Crippen LogP contribution in [0.4, 0.5) is 52.7 Å². The van der Waals surface area contributed by atoms with Crippen LogP contribution >= 0.6 is 17.0 Å². The number of alkyl halides is 12. The van der Waals surface area contributed by atoms with Crippen LogP contribution < -0.4 is 0 Å². The van der Waals surface area contributed by atoms with Crippen molar-refractivity contribution in [2.24, 2.45) is 11.8 Å². The first kappa shape index (κ1) is 46.7. The number of benzene rings is 4. The molecule has 6 rings (SSSR count). The fourth-order valence-corrected chi connectivity index (χ4v) is 40.7. The third kappa shape index (κ3) is 7.91. The second-order valence-electron chi connectivity index (χ2n) is 17.0. The molecule has 0 heterocycles. The van der Waals surface area contributed by atoms with E-state index < -0.39 is 75.7 Å². The van der Waals surface area contributed by atoms with E-state index in [1.54, 1.807) is 50.3 Å². The first-order chi connectivity index (χ1) is 27.3. The van der Waals surface area contributed by atoms with Crippen LogP contribution in [0.1, 0.15) is 90.6 Å². The molecule has 0 saturated carbocycles. The van der Waals surface area contributed by atoms with Gasteiger partial charge in [-0.05, 0) is 0 Å². The molecule has 0 fully saturated rings. The number of hydrogen-bond donors (Lipinski definition) is 0. The van der Waals surface area contributed by atoms with Crippen molar-refractivity contribution in [2.75, 3.05) is 0 Å². The molecule has 2 atom stereocenters. The number of halogens is 14. The summed E-state index contributed by atoms with van der Waals surface area (Å²) >= 11 is -5.81. The Balaban J connectivity index is 1.67. The number of rotatable bonds is 7. The van der Waals surface area contributed by atoms with E-state index in [0.29, 0.717) is 57.6 Å². The standard InChI is InChI=1S/2C21H17F6.C2H7Si.2ClH.Zr/c2*1-11(2)14-6-13-5-4-12(3)19(18(13)9-14)15-7-16(20(22,23)24)10-17(8-15)21(25,26)27;1-3-2;;;/h2*4-11H,1-3H3;3H,1-2H3;2*1H;/q;;;;;+2/p-2. The van der Waals surface area contributed by atoms with Gasteiger partial charge < -0.3 is 0 Å². The van der Waals surface area contributed by atoms with Gasteiger partial charge in [-0.3, -0.25) is 0 Å². The van der Waals surface area contributed by atoms with Crippen molar-refractivity contribution in [3.8, 4) is 22.3 Å². The Hall–Kier alpha value is -2.80. The predicted molar refractivity (Wildman–Crippen MR) is 215 cm³/mol. The molecule has 0 amide bonds. The molecule has 2 unspecified atom stereocenters. The van der Waals surface area contributed by atoms with Gasteiger partial charge in [-0.2, -0.15) is 0 Å². The quantitative estimate of drug-likeness (QED) is 0.128. The second kappa shape index (κ2) is 15.2. The summed E-state index contributed by atoms with van der Waals surface area (Å²) in [7, 11) is 16.9. The SMILES string of the molecule is Cc1ccc2c(c1-c1cc(C(F)(F)F)cc(C(F)(F)F)c1)C=C(C(C)C)[CH]2[Zr]([Cl])([Cl])([CH]1C(C(C)C)=Cc2c1ccc(C)c2-c1cc(C(F)(F)F)cc(C(F)(F)F)c1)[SiH](C)C. The van der Waals surface area contributed by atoms with Crippen molar-refractivity contribution in [3.05, 3.63) is 127 Å². The molecule has 16 heteroatoms. The van der Waals surface area contributed by atoms with E-state index in [2.05, 4.69) is 0 Å². The van der Waals surface area contributed by atoms with Crippen LogP contribution in [0.2, 0.25) is 13.1 Å². The number of aryl methyl sites for hydroxylation is 2. The summed E-state index contributed by atoms with van der Waals surface area (Å²) < 4.78 is 168. The summed E-state index contributed by atoms with van der Waals surface area (Å²) in [5.41, 5.74) is -1.91. The zero-order chi connectivity index (χ0) is 45.1. The maximum absolute atomic E-state index is 14.1. The maximum atomic E-state index is 14.1. The molecular formula is C44H41Cl2F12SiZr. The Morgan fingerprint density at radius 3 is 1.02 bits per heavy atom. The summed E-state index contributed by atoms with van der Waals surface area (Å²) in [6.45, 7) is 14.7. The van der Waals surface area contributed by atoms with Crippen LogP contribution in [-0.2, 0) is 40.3 Å². The van der Waals surface area contributed by atoms with Crippen molar-refractivity contribution in [1.82, 2.24) is 0 Å². The van der Waals surface area contributed by atoms with Crippen molar-refractivity contribution < 1.29 is 68.2 Å². The van der Waals surface area contributed by atoms with Gasteiger partial charge in [0.2, 0.25) is 0 Å². The van der Waals surface area contributed by atoms with Crippen molar-refractivity contribution in [1.29, 1.82) is 0 Å². The molecule has 0 spiro atoms. The topological polar surface area (TPSA) is 0 Å². The average molecular weight is 988 g/mol. The third-order valence-electron chi connectivity index (χ3n) is 12.2. The molecule has 60 heavy (non-hydrogen) atoms. The van der Waals surface area contributed by atoms with Crippen LogP contribution in [-0.4, -0.2) is 5.92 Å². The summed E-state index contributed by atoms with van der Waals surface area (Å²) in [6, 6.07) is 9.77. The van der Waals surface area contributed by atoms with Crippen LogP contribution in [0.15, 0.2) is 71.8 Å². The Morgan fingerprint density at radius 2 is 0.783 bits per heavy atom. The summed E-state index contributed by atoms with van der Waals surface area (Å²) in [4.78, 5) is 0. The summed E-state index contributed by atoms with van der Waals surface area (Å²) in [5.74, 6) is -2.90. The van der Waals surface area contributed by atoms with Crippen LogP contribution in [0, 0.1) is 25.7 Å². The molecule has 4 aromatic rings. The number of fused-ring (bicyclic) bond motifs is 2. The van der Waals surface area contributed by atoms with E-state index >= 15 is 0 Å². The van der Waals surface area contributed by atoms with Gasteiger partial charge in [-0.15, -0.1) is 0 Å². The minimum absolute atomic E-state index is 0.0785. The third-order valence-corrected chi connectivity index (χ3v) is 63.8. The summed E-state index contributed by atoms with van der Waals surface area (Å²) in [6.07, 6.45) is -16.8. The molecule has 0 radical (unpaired) electrons. The molecule has 0 bridgehead atoms. The Kier molecular flexibility index (Phi) is 11.8. The monoisotopic (exact) mass is 985 g/mol. The zero-order valence-electron chi connectivity index (χ0n) is 33.6. The molecule has 0 aliphatic heterocycles. The Labute approximate surface area is 349 Å². The Bertz CT molecular complexity index is 2220. The van der Waals surface area contributed by atoms with Crippen molar-refractivity contribution in [3.63, 3.8) is 0 Å². The van der Waals surface area contributed by atoms with Crippen molar-refractivity contribution >= 4 is 35.1 Å². The van der Waals surface area contributed by atoms with Gasteiger partial charge in [-0.1, -0.05) is 0 Å². The van der Waals surface area contributed by atoms with E-state index in [4.69, 9.17) is 17.0 Å². The molecule has 2 aliphatic carbocycles. The molecule has 2 aliphatic rings. The van der Waals surface area contributed by atoms with Gasteiger partial charge in [0.15, 0.2) is 0 Å². The van der Waals surface area contributed by atoms with E-state index in [-0.39, 0.29) is 46.2 Å². The average Bonchev–Trinajstić information content (AvgIpc) is 3.71. The van der Waals surface area contributed by atoms with Crippen LogP contribution in [0.3, 0.4) is 0 Å². The molecule has 4 aromatic carbocycles. The minimum atomic E-state index is -5.81. The van der Waals surface area contributed by atoms with Gasteiger partial charge in [0.1, 0.15) is 0 Å². The molecular weight excluding hydrogens is 947 g/mol. The molecule has 0 N–H and O–H groups in total. The predicted octanol–water partition coefficient (Wildman–Crippen LogP) is 16.6.